The number of anilines is 3. The number of nitro benzene ring substituents is 1. The number of nitrogens with zero attached hydrogens (tertiary/aromatic N) is 3. The van der Waals surface area contributed by atoms with Crippen LogP contribution in [0.2, 0.25) is 0 Å². The zero-order chi connectivity index (χ0) is 31.1. The first kappa shape index (κ1) is 29.3. The number of hydrogen-bond donors (Lipinski definition) is 4. The molecular formula is C29H29FN6O7S. The van der Waals surface area contributed by atoms with E-state index in [1.807, 2.05) is 17.0 Å². The molecule has 15 heteroatoms. The maximum atomic E-state index is 13.5. The third kappa shape index (κ3) is 5.63. The summed E-state index contributed by atoms with van der Waals surface area (Å²) in [5.41, 5.74) is -0.0374. The van der Waals surface area contributed by atoms with Crippen LogP contribution in [-0.2, 0) is 10.0 Å². The third-order valence-corrected chi connectivity index (χ3v) is 9.18. The highest BCUT2D eigenvalue weighted by molar-refractivity contribution is 7.90. The number of aliphatic hydroxyl groups is 1. The molecule has 0 unspecified atom stereocenters. The molecule has 0 atom stereocenters. The number of alkyl halides is 1. The van der Waals surface area contributed by atoms with Gasteiger partial charge in [-0.25, -0.2) is 17.5 Å². The summed E-state index contributed by atoms with van der Waals surface area (Å²) >= 11 is 0. The van der Waals surface area contributed by atoms with Gasteiger partial charge in [0.05, 0.1) is 33.3 Å². The van der Waals surface area contributed by atoms with Gasteiger partial charge in [0, 0.05) is 30.7 Å². The van der Waals surface area contributed by atoms with Gasteiger partial charge in [0.1, 0.15) is 23.7 Å². The second kappa shape index (κ2) is 11.4. The standard InChI is InChI=1S/C29H29FN6O7S/c30-17-29(38)14-18(15-29)16-32-22-7-6-20(13-24(22)36(39)40)44(41,42)34-27(37)21-4-1-2-5-23(21)35-10-3-11-43-28-25(35)12-19-8-9-31-26(19)33-28/h1-2,4-9,12-13,18,32,38H,3,10-11,14-17H2,(H,31,33)(H,34,37). The molecule has 44 heavy (non-hydrogen) atoms. The SMILES string of the molecule is O=C(NS(=O)(=O)c1ccc(NCC2CC(O)(CF)C2)c([N+](=O)[O-])c1)c1ccccc1N1CCCOc2nc3[nH]ccc3cc21. The lowest BCUT2D eigenvalue weighted by Gasteiger charge is -2.41. The van der Waals surface area contributed by atoms with Crippen LogP contribution in [0.3, 0.4) is 0 Å². The molecule has 4 N–H and O–H groups in total. The summed E-state index contributed by atoms with van der Waals surface area (Å²) in [5, 5.41) is 25.4. The van der Waals surface area contributed by atoms with E-state index in [9.17, 15) is 32.8 Å². The van der Waals surface area contributed by atoms with Crippen molar-refractivity contribution in [1.82, 2.24) is 14.7 Å². The van der Waals surface area contributed by atoms with Crippen LogP contribution in [0.1, 0.15) is 29.6 Å². The first-order valence-electron chi connectivity index (χ1n) is 13.9. The minimum Gasteiger partial charge on any atom is -0.476 e. The zero-order valence-electron chi connectivity index (χ0n) is 23.3. The molecular weight excluding hydrogens is 595 g/mol. The fraction of sp³-hybridized carbons (Fsp3) is 0.310. The molecule has 0 saturated heterocycles. The Morgan fingerprint density at radius 1 is 1.20 bits per heavy atom. The van der Waals surface area contributed by atoms with Crippen LogP contribution in [0, 0.1) is 16.0 Å². The van der Waals surface area contributed by atoms with Crippen molar-refractivity contribution < 1.29 is 32.4 Å². The Morgan fingerprint density at radius 3 is 2.77 bits per heavy atom. The molecule has 2 aliphatic rings. The highest BCUT2D eigenvalue weighted by Crippen LogP contribution is 2.40. The summed E-state index contributed by atoms with van der Waals surface area (Å²) in [4.78, 5) is 33.5. The average Bonchev–Trinajstić information content (AvgIpc) is 3.35. The number of nitrogens with one attached hydrogen (secondary N) is 3. The van der Waals surface area contributed by atoms with Crippen LogP contribution in [-0.4, -0.2) is 66.3 Å². The third-order valence-electron chi connectivity index (χ3n) is 7.85. The normalized spacial score (nSPS) is 19.8. The number of H-pyrrole nitrogens is 1. The second-order valence-corrected chi connectivity index (χ2v) is 12.7. The lowest BCUT2D eigenvalue weighted by molar-refractivity contribution is -0.384. The number of carbonyl (C=O) groups is 1. The monoisotopic (exact) mass is 624 g/mol. The highest BCUT2D eigenvalue weighted by atomic mass is 32.2. The number of benzene rings is 2. The molecule has 2 aromatic heterocycles. The molecule has 6 rings (SSSR count). The molecule has 1 amide bonds. The number of halogens is 1. The summed E-state index contributed by atoms with van der Waals surface area (Å²) < 4.78 is 47.4. The number of amides is 1. The molecule has 3 heterocycles. The van der Waals surface area contributed by atoms with Gasteiger partial charge in [-0.05, 0) is 61.6 Å². The lowest BCUT2D eigenvalue weighted by Crippen LogP contribution is -2.47. The summed E-state index contributed by atoms with van der Waals surface area (Å²) in [6, 6.07) is 13.5. The first-order chi connectivity index (χ1) is 21.1. The van der Waals surface area contributed by atoms with Crippen LogP contribution in [0.4, 0.5) is 27.1 Å². The Balaban J connectivity index is 1.24. The fourth-order valence-electron chi connectivity index (χ4n) is 5.65. The van der Waals surface area contributed by atoms with Gasteiger partial charge in [0.2, 0.25) is 5.88 Å². The Bertz CT molecular complexity index is 1860. The van der Waals surface area contributed by atoms with Gasteiger partial charge in [-0.15, -0.1) is 0 Å². The van der Waals surface area contributed by atoms with E-state index in [1.54, 1.807) is 24.4 Å². The van der Waals surface area contributed by atoms with Gasteiger partial charge in [0.15, 0.2) is 0 Å². The maximum Gasteiger partial charge on any atom is 0.293 e. The molecule has 4 aromatic rings. The minimum atomic E-state index is -4.53. The summed E-state index contributed by atoms with van der Waals surface area (Å²) in [6.07, 6.45) is 2.80. The van der Waals surface area contributed by atoms with E-state index >= 15 is 0 Å². The molecule has 13 nitrogen and oxygen atoms in total. The van der Waals surface area contributed by atoms with E-state index < -0.39 is 43.7 Å². The van der Waals surface area contributed by atoms with E-state index in [2.05, 4.69) is 20.0 Å². The number of ether oxygens (including phenoxy) is 1. The van der Waals surface area contributed by atoms with E-state index in [0.29, 0.717) is 42.5 Å². The molecule has 0 bridgehead atoms. The molecule has 2 aromatic carbocycles. The highest BCUT2D eigenvalue weighted by Gasteiger charge is 2.42. The van der Waals surface area contributed by atoms with Gasteiger partial charge in [-0.1, -0.05) is 12.1 Å². The topological polar surface area (TPSA) is 180 Å². The first-order valence-corrected chi connectivity index (χ1v) is 15.4. The van der Waals surface area contributed by atoms with Crippen molar-refractivity contribution in [1.29, 1.82) is 0 Å². The zero-order valence-corrected chi connectivity index (χ0v) is 24.1. The van der Waals surface area contributed by atoms with Crippen molar-refractivity contribution in [2.75, 3.05) is 36.6 Å². The summed E-state index contributed by atoms with van der Waals surface area (Å²) in [5.74, 6) is -0.638. The number of hydrogen-bond acceptors (Lipinski definition) is 10. The Kier molecular flexibility index (Phi) is 7.59. The van der Waals surface area contributed by atoms with Crippen LogP contribution >= 0.6 is 0 Å². The average molecular weight is 625 g/mol. The number of aromatic amines is 1. The predicted molar refractivity (Wildman–Crippen MR) is 160 cm³/mol. The van der Waals surface area contributed by atoms with Crippen molar-refractivity contribution in [3.63, 3.8) is 0 Å². The fourth-order valence-corrected chi connectivity index (χ4v) is 6.64. The summed E-state index contributed by atoms with van der Waals surface area (Å²) in [7, 11) is -4.53. The summed E-state index contributed by atoms with van der Waals surface area (Å²) in [6.45, 7) is 0.241. The van der Waals surface area contributed by atoms with Gasteiger partial charge in [-0.3, -0.25) is 14.9 Å². The Hall–Kier alpha value is -4.76. The van der Waals surface area contributed by atoms with Crippen LogP contribution in [0.25, 0.3) is 11.0 Å². The number of aromatic nitrogens is 2. The van der Waals surface area contributed by atoms with Gasteiger partial charge >= 0.3 is 0 Å². The molecule has 1 aliphatic carbocycles. The molecule has 1 fully saturated rings. The van der Waals surface area contributed by atoms with Gasteiger partial charge < -0.3 is 25.0 Å². The number of rotatable bonds is 9. The number of para-hydroxylation sites is 1. The number of carbonyl (C=O) groups excluding carboxylic acids is 1. The van der Waals surface area contributed by atoms with Gasteiger partial charge in [0.25, 0.3) is 21.6 Å². The predicted octanol–water partition coefficient (Wildman–Crippen LogP) is 4.03. The molecule has 1 aliphatic heterocycles. The Labute approximate surface area is 251 Å². The molecule has 0 radical (unpaired) electrons. The maximum absolute atomic E-state index is 13.5. The van der Waals surface area contributed by atoms with Crippen molar-refractivity contribution in [3.05, 3.63) is 76.5 Å². The van der Waals surface area contributed by atoms with Crippen LogP contribution in [0.15, 0.2) is 65.7 Å². The van der Waals surface area contributed by atoms with Crippen LogP contribution < -0.4 is 19.7 Å². The largest absolute Gasteiger partial charge is 0.476 e. The second-order valence-electron chi connectivity index (χ2n) is 11.0. The Morgan fingerprint density at radius 2 is 2.00 bits per heavy atom. The van der Waals surface area contributed by atoms with Crippen LogP contribution in [0.5, 0.6) is 5.88 Å². The van der Waals surface area contributed by atoms with Crippen molar-refractivity contribution in [2.45, 2.75) is 29.8 Å². The van der Waals surface area contributed by atoms with E-state index in [0.717, 1.165) is 17.5 Å². The lowest BCUT2D eigenvalue weighted by atomic mass is 9.71. The van der Waals surface area contributed by atoms with Gasteiger partial charge in [-0.2, -0.15) is 4.98 Å². The molecule has 1 saturated carbocycles. The number of nitro groups is 1. The van der Waals surface area contributed by atoms with Crippen molar-refractivity contribution in [3.8, 4) is 5.88 Å². The molecule has 0 spiro atoms. The number of sulfonamides is 1. The number of pyridine rings is 1. The van der Waals surface area contributed by atoms with E-state index in [-0.39, 0.29) is 36.6 Å². The molecule has 230 valence electrons. The number of fused-ring (bicyclic) bond motifs is 2. The van der Waals surface area contributed by atoms with Crippen molar-refractivity contribution >= 4 is 49.7 Å². The van der Waals surface area contributed by atoms with Crippen molar-refractivity contribution in [2.24, 2.45) is 5.92 Å². The quantitative estimate of drug-likeness (QED) is 0.157. The smallest absolute Gasteiger partial charge is 0.293 e. The van der Waals surface area contributed by atoms with E-state index in [1.165, 1.54) is 12.1 Å². The van der Waals surface area contributed by atoms with E-state index in [4.69, 9.17) is 4.74 Å². The minimum absolute atomic E-state index is 0.0634.